The molecule has 1 saturated heterocycles. The van der Waals surface area contributed by atoms with Gasteiger partial charge in [0.2, 0.25) is 5.91 Å². The second kappa shape index (κ2) is 6.69. The van der Waals surface area contributed by atoms with Crippen LogP contribution in [0, 0.1) is 11.8 Å². The highest BCUT2D eigenvalue weighted by molar-refractivity contribution is 5.80. The Labute approximate surface area is 145 Å². The Bertz CT molecular complexity index is 583. The second-order valence-electron chi connectivity index (χ2n) is 8.41. The highest BCUT2D eigenvalue weighted by Gasteiger charge is 2.33. The molecule has 1 aromatic heterocycles. The molecule has 1 saturated carbocycles. The Balaban J connectivity index is 1.54. The molecule has 2 aliphatic rings. The normalized spacial score (nSPS) is 19.4. The molecular weight excluding hydrogens is 300 g/mol. The number of hydrogen-bond donors (Lipinski definition) is 0. The van der Waals surface area contributed by atoms with E-state index in [2.05, 4.69) is 30.7 Å². The van der Waals surface area contributed by atoms with E-state index in [9.17, 15) is 4.79 Å². The second-order valence-corrected chi connectivity index (χ2v) is 8.41. The number of nitrogens with zero attached hydrogens (tertiary/aromatic N) is 4. The third-order valence-corrected chi connectivity index (χ3v) is 5.09. The van der Waals surface area contributed by atoms with E-state index in [1.54, 1.807) is 0 Å². The lowest BCUT2D eigenvalue weighted by Crippen LogP contribution is -2.40. The average Bonchev–Trinajstić information content (AvgIpc) is 3.39. The molecule has 5 heteroatoms. The minimum absolute atomic E-state index is 0.0276. The van der Waals surface area contributed by atoms with Crippen molar-refractivity contribution in [3.63, 3.8) is 0 Å². The zero-order chi connectivity index (χ0) is 17.3. The third kappa shape index (κ3) is 4.05. The Hall–Kier alpha value is -1.65. The number of piperidine rings is 1. The predicted molar refractivity (Wildman–Crippen MR) is 96.0 cm³/mol. The van der Waals surface area contributed by atoms with Crippen LogP contribution >= 0.6 is 0 Å². The Morgan fingerprint density at radius 2 is 1.92 bits per heavy atom. The summed E-state index contributed by atoms with van der Waals surface area (Å²) in [7, 11) is 1.97. The van der Waals surface area contributed by atoms with Gasteiger partial charge in [-0.2, -0.15) is 0 Å². The van der Waals surface area contributed by atoms with Crippen molar-refractivity contribution in [1.82, 2.24) is 14.9 Å². The number of carbonyl (C=O) groups is 1. The lowest BCUT2D eigenvalue weighted by Gasteiger charge is -2.35. The van der Waals surface area contributed by atoms with E-state index in [1.807, 2.05) is 24.2 Å². The average molecular weight is 330 g/mol. The summed E-state index contributed by atoms with van der Waals surface area (Å²) < 4.78 is 0. The van der Waals surface area contributed by atoms with E-state index < -0.39 is 0 Å². The molecule has 1 aliphatic heterocycles. The van der Waals surface area contributed by atoms with Gasteiger partial charge in [0, 0.05) is 44.2 Å². The van der Waals surface area contributed by atoms with Crippen molar-refractivity contribution in [1.29, 1.82) is 0 Å². The molecule has 0 aromatic carbocycles. The van der Waals surface area contributed by atoms with E-state index in [0.29, 0.717) is 17.7 Å². The van der Waals surface area contributed by atoms with Gasteiger partial charge in [-0.3, -0.25) is 4.79 Å². The van der Waals surface area contributed by atoms with Crippen LogP contribution in [0.15, 0.2) is 12.3 Å². The van der Waals surface area contributed by atoms with E-state index in [0.717, 1.165) is 57.0 Å². The van der Waals surface area contributed by atoms with E-state index in [4.69, 9.17) is 4.98 Å². The largest absolute Gasteiger partial charge is 0.356 e. The van der Waals surface area contributed by atoms with Crippen molar-refractivity contribution in [2.45, 2.75) is 51.9 Å². The minimum Gasteiger partial charge on any atom is -0.356 e. The van der Waals surface area contributed by atoms with Crippen LogP contribution in [0.2, 0.25) is 0 Å². The molecule has 132 valence electrons. The molecule has 0 bridgehead atoms. The maximum absolute atomic E-state index is 12.1. The summed E-state index contributed by atoms with van der Waals surface area (Å²) in [4.78, 5) is 25.6. The summed E-state index contributed by atoms with van der Waals surface area (Å²) in [6.07, 6.45) is 6.29. The molecule has 0 radical (unpaired) electrons. The highest BCUT2D eigenvalue weighted by atomic mass is 16.2. The molecule has 0 unspecified atom stereocenters. The zero-order valence-corrected chi connectivity index (χ0v) is 15.5. The molecule has 0 N–H and O–H groups in total. The van der Waals surface area contributed by atoms with Crippen LogP contribution in [-0.2, 0) is 10.2 Å². The number of rotatable bonds is 4. The van der Waals surface area contributed by atoms with Crippen LogP contribution in [0.5, 0.6) is 0 Å². The van der Waals surface area contributed by atoms with Gasteiger partial charge < -0.3 is 9.80 Å². The van der Waals surface area contributed by atoms with Crippen LogP contribution in [0.4, 0.5) is 5.82 Å². The summed E-state index contributed by atoms with van der Waals surface area (Å²) in [5, 5.41) is 0. The Morgan fingerprint density at radius 1 is 1.25 bits per heavy atom. The maximum Gasteiger partial charge on any atom is 0.225 e. The van der Waals surface area contributed by atoms with Crippen molar-refractivity contribution in [3.05, 3.63) is 18.1 Å². The van der Waals surface area contributed by atoms with Crippen molar-refractivity contribution < 1.29 is 4.79 Å². The van der Waals surface area contributed by atoms with Crippen LogP contribution < -0.4 is 4.90 Å². The molecule has 0 spiro atoms. The number of carbonyl (C=O) groups excluding carboxylic acids is 1. The van der Waals surface area contributed by atoms with Gasteiger partial charge in [-0.25, -0.2) is 9.97 Å². The molecule has 1 aliphatic carbocycles. The van der Waals surface area contributed by atoms with Gasteiger partial charge in [-0.1, -0.05) is 20.8 Å². The highest BCUT2D eigenvalue weighted by Crippen LogP contribution is 2.31. The topological polar surface area (TPSA) is 49.3 Å². The van der Waals surface area contributed by atoms with Gasteiger partial charge in [0.15, 0.2) is 0 Å². The van der Waals surface area contributed by atoms with Crippen LogP contribution in [0.25, 0.3) is 0 Å². The van der Waals surface area contributed by atoms with Gasteiger partial charge in [0.05, 0.1) is 0 Å². The molecule has 24 heavy (non-hydrogen) atoms. The Morgan fingerprint density at radius 3 is 2.50 bits per heavy atom. The van der Waals surface area contributed by atoms with Gasteiger partial charge in [0.25, 0.3) is 0 Å². The summed E-state index contributed by atoms with van der Waals surface area (Å²) in [6, 6.07) is 2.01. The molecule has 2 fully saturated rings. The summed E-state index contributed by atoms with van der Waals surface area (Å²) in [5.41, 5.74) is -0.0276. The van der Waals surface area contributed by atoms with E-state index in [-0.39, 0.29) is 5.41 Å². The van der Waals surface area contributed by atoms with E-state index in [1.165, 1.54) is 0 Å². The van der Waals surface area contributed by atoms with Gasteiger partial charge in [0.1, 0.15) is 11.6 Å². The van der Waals surface area contributed by atoms with E-state index >= 15 is 0 Å². The summed E-state index contributed by atoms with van der Waals surface area (Å²) in [5.74, 6) is 3.22. The Kier molecular flexibility index (Phi) is 4.79. The zero-order valence-electron chi connectivity index (χ0n) is 15.5. The molecule has 0 atom stereocenters. The van der Waals surface area contributed by atoms with Gasteiger partial charge in [-0.15, -0.1) is 0 Å². The number of hydrogen-bond acceptors (Lipinski definition) is 4. The SMILES string of the molecule is CN(CC1CCN(c2ccnc(C(C)(C)C)n2)CC1)C(=O)C1CC1. The summed E-state index contributed by atoms with van der Waals surface area (Å²) >= 11 is 0. The molecule has 1 aromatic rings. The fraction of sp³-hybridized carbons (Fsp3) is 0.737. The third-order valence-electron chi connectivity index (χ3n) is 5.09. The fourth-order valence-electron chi connectivity index (χ4n) is 3.35. The monoisotopic (exact) mass is 330 g/mol. The summed E-state index contributed by atoms with van der Waals surface area (Å²) in [6.45, 7) is 9.36. The van der Waals surface area contributed by atoms with Gasteiger partial charge in [-0.05, 0) is 37.7 Å². The first-order valence-electron chi connectivity index (χ1n) is 9.18. The lowest BCUT2D eigenvalue weighted by atomic mass is 9.95. The van der Waals surface area contributed by atoms with Crippen molar-refractivity contribution >= 4 is 11.7 Å². The molecule has 2 heterocycles. The smallest absolute Gasteiger partial charge is 0.225 e. The van der Waals surface area contributed by atoms with Gasteiger partial charge >= 0.3 is 0 Å². The molecular formula is C19H30N4O. The first-order chi connectivity index (χ1) is 11.3. The predicted octanol–water partition coefficient (Wildman–Crippen LogP) is 2.86. The first kappa shape index (κ1) is 17.2. The fourth-order valence-corrected chi connectivity index (χ4v) is 3.35. The van der Waals surface area contributed by atoms with Crippen molar-refractivity contribution in [2.75, 3.05) is 31.6 Å². The lowest BCUT2D eigenvalue weighted by molar-refractivity contribution is -0.131. The molecule has 5 nitrogen and oxygen atoms in total. The van der Waals surface area contributed by atoms with Crippen molar-refractivity contribution in [2.24, 2.45) is 11.8 Å². The minimum atomic E-state index is -0.0276. The number of amides is 1. The van der Waals surface area contributed by atoms with Crippen LogP contribution in [-0.4, -0.2) is 47.5 Å². The molecule has 3 rings (SSSR count). The number of aromatic nitrogens is 2. The maximum atomic E-state index is 12.1. The molecule has 1 amide bonds. The van der Waals surface area contributed by atoms with Crippen LogP contribution in [0.1, 0.15) is 52.3 Å². The standard InChI is InChI=1S/C19H30N4O/c1-19(2,3)18-20-10-7-16(21-18)23-11-8-14(9-12-23)13-22(4)17(24)15-5-6-15/h7,10,14-15H,5-6,8-9,11-13H2,1-4H3. The first-order valence-corrected chi connectivity index (χ1v) is 9.18. The number of anilines is 1. The van der Waals surface area contributed by atoms with Crippen molar-refractivity contribution in [3.8, 4) is 0 Å². The van der Waals surface area contributed by atoms with Crippen LogP contribution in [0.3, 0.4) is 0 Å². The quantitative estimate of drug-likeness (QED) is 0.852.